The Morgan fingerprint density at radius 3 is 2.62 bits per heavy atom. The van der Waals surface area contributed by atoms with E-state index in [1.807, 2.05) is 23.1 Å². The third-order valence-corrected chi connectivity index (χ3v) is 7.15. The van der Waals surface area contributed by atoms with Gasteiger partial charge in [-0.05, 0) is 18.4 Å². The molecule has 0 unspecified atom stereocenters. The van der Waals surface area contributed by atoms with E-state index < -0.39 is 12.2 Å². The molecule has 0 aliphatic carbocycles. The normalized spacial score (nSPS) is 23.8. The molecule has 0 radical (unpaired) electrons. The van der Waals surface area contributed by atoms with Crippen molar-refractivity contribution in [2.24, 2.45) is 0 Å². The van der Waals surface area contributed by atoms with Crippen LogP contribution in [0.4, 0.5) is 14.6 Å². The van der Waals surface area contributed by atoms with Crippen LogP contribution >= 0.6 is 0 Å². The third-order valence-electron chi connectivity index (χ3n) is 7.15. The van der Waals surface area contributed by atoms with Gasteiger partial charge in [0.1, 0.15) is 18.4 Å². The molecule has 3 aromatic rings. The van der Waals surface area contributed by atoms with Gasteiger partial charge < -0.3 is 14.5 Å². The Balaban J connectivity index is 1.17. The first-order chi connectivity index (χ1) is 16.5. The van der Waals surface area contributed by atoms with Crippen molar-refractivity contribution in [3.05, 3.63) is 60.7 Å². The number of fused-ring (bicyclic) bond motifs is 1. The molecular formula is C24H24F2N6O2. The summed E-state index contributed by atoms with van der Waals surface area (Å²) < 4.78 is 32.7. The minimum atomic E-state index is -2.70. The predicted octanol–water partition coefficient (Wildman–Crippen LogP) is 3.79. The monoisotopic (exact) mass is 466 g/mol. The van der Waals surface area contributed by atoms with Crippen LogP contribution in [-0.4, -0.2) is 55.5 Å². The van der Waals surface area contributed by atoms with Gasteiger partial charge in [0, 0.05) is 43.8 Å². The van der Waals surface area contributed by atoms with Gasteiger partial charge in [-0.1, -0.05) is 30.3 Å². The van der Waals surface area contributed by atoms with Crippen molar-refractivity contribution in [2.45, 2.75) is 50.1 Å². The summed E-state index contributed by atoms with van der Waals surface area (Å²) in [6, 6.07) is 12.0. The Hall–Kier alpha value is -3.40. The SMILES string of the molecule is O=C1N2[C@@H](CC[C@H]2c2ccccc2)OC12CCN(c1cc(-c3cnn(C(F)F)c3)ncn1)CC2. The van der Waals surface area contributed by atoms with Gasteiger partial charge in [0.2, 0.25) is 0 Å². The molecular weight excluding hydrogens is 442 g/mol. The van der Waals surface area contributed by atoms with Gasteiger partial charge in [0.25, 0.3) is 5.91 Å². The summed E-state index contributed by atoms with van der Waals surface area (Å²) in [6.07, 6.45) is 6.79. The van der Waals surface area contributed by atoms with Crippen LogP contribution in [0.1, 0.15) is 43.8 Å². The number of anilines is 1. The number of alkyl halides is 2. The number of ether oxygens (including phenoxy) is 1. The Kier molecular flexibility index (Phi) is 5.05. The lowest BCUT2D eigenvalue weighted by Gasteiger charge is -2.38. The van der Waals surface area contributed by atoms with Crippen LogP contribution in [0.3, 0.4) is 0 Å². The third kappa shape index (κ3) is 3.44. The lowest BCUT2D eigenvalue weighted by atomic mass is 9.89. The van der Waals surface area contributed by atoms with Crippen molar-refractivity contribution in [3.63, 3.8) is 0 Å². The van der Waals surface area contributed by atoms with Gasteiger partial charge in [-0.25, -0.2) is 14.6 Å². The van der Waals surface area contributed by atoms with Crippen LogP contribution in [0, 0.1) is 0 Å². The number of benzene rings is 1. The zero-order chi connectivity index (χ0) is 23.3. The second-order valence-corrected chi connectivity index (χ2v) is 9.02. The molecule has 1 aromatic carbocycles. The van der Waals surface area contributed by atoms with E-state index in [1.165, 1.54) is 18.7 Å². The number of amides is 1. The van der Waals surface area contributed by atoms with E-state index in [4.69, 9.17) is 4.74 Å². The minimum Gasteiger partial charge on any atom is -0.356 e. The summed E-state index contributed by atoms with van der Waals surface area (Å²) in [5, 5.41) is 3.68. The topological polar surface area (TPSA) is 76.4 Å². The predicted molar refractivity (Wildman–Crippen MR) is 119 cm³/mol. The van der Waals surface area contributed by atoms with Gasteiger partial charge in [-0.3, -0.25) is 4.79 Å². The number of aromatic nitrogens is 4. The van der Waals surface area contributed by atoms with Crippen molar-refractivity contribution in [1.82, 2.24) is 24.6 Å². The summed E-state index contributed by atoms with van der Waals surface area (Å²) in [5.41, 5.74) is 1.39. The zero-order valence-electron chi connectivity index (χ0n) is 18.4. The Morgan fingerprint density at radius 1 is 1.09 bits per heavy atom. The van der Waals surface area contributed by atoms with Gasteiger partial charge in [-0.15, -0.1) is 0 Å². The molecule has 0 saturated carbocycles. The smallest absolute Gasteiger partial charge is 0.333 e. The molecule has 3 aliphatic heterocycles. The van der Waals surface area contributed by atoms with Crippen LogP contribution < -0.4 is 4.90 Å². The molecule has 34 heavy (non-hydrogen) atoms. The fraction of sp³-hybridized carbons (Fsp3) is 0.417. The number of nitrogens with zero attached hydrogens (tertiary/aromatic N) is 6. The van der Waals surface area contributed by atoms with Crippen molar-refractivity contribution in [1.29, 1.82) is 0 Å². The molecule has 2 atom stereocenters. The first-order valence-corrected chi connectivity index (χ1v) is 11.5. The van der Waals surface area contributed by atoms with E-state index in [1.54, 1.807) is 6.07 Å². The summed E-state index contributed by atoms with van der Waals surface area (Å²) in [4.78, 5) is 26.2. The number of hydrogen-bond acceptors (Lipinski definition) is 6. The van der Waals surface area contributed by atoms with Crippen LogP contribution in [0.5, 0.6) is 0 Å². The Morgan fingerprint density at radius 2 is 1.88 bits per heavy atom. The maximum Gasteiger partial charge on any atom is 0.333 e. The standard InChI is InChI=1S/C24H24F2N6O2/c25-23(26)31-14-17(13-29-31)18-12-20(28-15-27-18)30-10-8-24(9-11-30)22(33)32-19(6-7-21(32)34-24)16-4-2-1-3-5-16/h1-5,12-15,19,21,23H,6-11H2/t19-,21+/m0/s1. The summed E-state index contributed by atoms with van der Waals surface area (Å²) in [6.45, 7) is -1.49. The highest BCUT2D eigenvalue weighted by Crippen LogP contribution is 2.47. The largest absolute Gasteiger partial charge is 0.356 e. The fourth-order valence-electron chi connectivity index (χ4n) is 5.40. The van der Waals surface area contributed by atoms with E-state index in [0.29, 0.717) is 47.7 Å². The minimum absolute atomic E-state index is 0.0645. The van der Waals surface area contributed by atoms with Crippen LogP contribution in [0.25, 0.3) is 11.3 Å². The van der Waals surface area contributed by atoms with E-state index in [9.17, 15) is 13.6 Å². The molecule has 8 nitrogen and oxygen atoms in total. The lowest BCUT2D eigenvalue weighted by molar-refractivity contribution is -0.140. The van der Waals surface area contributed by atoms with E-state index in [0.717, 1.165) is 18.4 Å². The first-order valence-electron chi connectivity index (χ1n) is 11.5. The molecule has 3 saturated heterocycles. The highest BCUT2D eigenvalue weighted by molar-refractivity contribution is 5.88. The average molecular weight is 466 g/mol. The van der Waals surface area contributed by atoms with Gasteiger partial charge in [0.15, 0.2) is 5.60 Å². The lowest BCUT2D eigenvalue weighted by Crippen LogP contribution is -2.50. The molecule has 0 bridgehead atoms. The second-order valence-electron chi connectivity index (χ2n) is 9.02. The molecule has 10 heteroatoms. The molecule has 1 spiro atoms. The average Bonchev–Trinajstić information content (AvgIpc) is 3.58. The fourth-order valence-corrected chi connectivity index (χ4v) is 5.40. The van der Waals surface area contributed by atoms with E-state index in [2.05, 4.69) is 32.1 Å². The highest BCUT2D eigenvalue weighted by atomic mass is 19.3. The van der Waals surface area contributed by atoms with Gasteiger partial charge in [-0.2, -0.15) is 13.9 Å². The van der Waals surface area contributed by atoms with Crippen LogP contribution in [-0.2, 0) is 9.53 Å². The number of carbonyl (C=O) groups is 1. The molecule has 0 N–H and O–H groups in total. The number of carbonyl (C=O) groups excluding carboxylic acids is 1. The molecule has 2 aromatic heterocycles. The van der Waals surface area contributed by atoms with Gasteiger partial charge in [0.05, 0.1) is 17.9 Å². The molecule has 3 aliphatic rings. The molecule has 1 amide bonds. The Bertz CT molecular complexity index is 1190. The van der Waals surface area contributed by atoms with Crippen molar-refractivity contribution in [2.75, 3.05) is 18.0 Å². The Labute approximate surface area is 195 Å². The molecule has 176 valence electrons. The summed E-state index contributed by atoms with van der Waals surface area (Å²) in [5.74, 6) is 0.782. The number of halogens is 2. The maximum absolute atomic E-state index is 13.6. The molecule has 3 fully saturated rings. The molecule has 5 heterocycles. The van der Waals surface area contributed by atoms with Crippen molar-refractivity contribution >= 4 is 11.7 Å². The van der Waals surface area contributed by atoms with Crippen molar-refractivity contribution < 1.29 is 18.3 Å². The van der Waals surface area contributed by atoms with Gasteiger partial charge >= 0.3 is 6.55 Å². The van der Waals surface area contributed by atoms with E-state index >= 15 is 0 Å². The van der Waals surface area contributed by atoms with Crippen molar-refractivity contribution in [3.8, 4) is 11.3 Å². The second kappa shape index (κ2) is 8.12. The number of piperidine rings is 1. The van der Waals surface area contributed by atoms with Crippen LogP contribution in [0.15, 0.2) is 55.1 Å². The summed E-state index contributed by atoms with van der Waals surface area (Å²) >= 11 is 0. The summed E-state index contributed by atoms with van der Waals surface area (Å²) in [7, 11) is 0. The quantitative estimate of drug-likeness (QED) is 0.582. The maximum atomic E-state index is 13.6. The molecule has 6 rings (SSSR count). The number of hydrogen-bond donors (Lipinski definition) is 0. The first kappa shape index (κ1) is 21.2. The van der Waals surface area contributed by atoms with Crippen LogP contribution in [0.2, 0.25) is 0 Å². The van der Waals surface area contributed by atoms with E-state index in [-0.39, 0.29) is 18.2 Å². The zero-order valence-corrected chi connectivity index (χ0v) is 18.4. The highest BCUT2D eigenvalue weighted by Gasteiger charge is 2.57. The number of rotatable bonds is 4.